The number of primary amides is 1. The lowest BCUT2D eigenvalue weighted by atomic mass is 10.0. The van der Waals surface area contributed by atoms with Crippen molar-refractivity contribution in [2.24, 2.45) is 11.7 Å². The number of rotatable bonds is 15. The second kappa shape index (κ2) is 16.6. The molecule has 0 radical (unpaired) electrons. The third kappa shape index (κ3) is 12.2. The zero-order valence-electron chi connectivity index (χ0n) is 21.9. The first-order valence-electron chi connectivity index (χ1n) is 12.7. The molecule has 9 nitrogen and oxygen atoms in total. The molecule has 0 unspecified atom stereocenters. The third-order valence-electron chi connectivity index (χ3n) is 5.49. The Morgan fingerprint density at radius 2 is 1.53 bits per heavy atom. The van der Waals surface area contributed by atoms with Crippen molar-refractivity contribution in [3.63, 3.8) is 0 Å². The number of allylic oxidation sites excluding steroid dienone is 1. The second-order valence-electron chi connectivity index (χ2n) is 9.31. The molecule has 2 rings (SSSR count). The maximum atomic E-state index is 13.2. The first-order chi connectivity index (χ1) is 18.2. The van der Waals surface area contributed by atoms with E-state index < -0.39 is 36.0 Å². The predicted molar refractivity (Wildman–Crippen MR) is 143 cm³/mol. The van der Waals surface area contributed by atoms with Crippen LogP contribution in [-0.4, -0.2) is 36.0 Å². The van der Waals surface area contributed by atoms with E-state index in [9.17, 15) is 19.2 Å². The van der Waals surface area contributed by atoms with Gasteiger partial charge in [0.05, 0.1) is 6.26 Å². The van der Waals surface area contributed by atoms with Gasteiger partial charge < -0.3 is 25.8 Å². The highest BCUT2D eigenvalue weighted by molar-refractivity contribution is 5.90. The molecule has 3 amide bonds. The number of carbonyl (C=O) groups excluding carboxylic acids is 4. The Hall–Kier alpha value is -4.14. The lowest BCUT2D eigenvalue weighted by molar-refractivity contribution is -0.143. The molecule has 0 aliphatic heterocycles. The number of hydrogen-bond donors (Lipinski definition) is 3. The van der Waals surface area contributed by atoms with Crippen molar-refractivity contribution in [3.8, 4) is 0 Å². The van der Waals surface area contributed by atoms with Crippen molar-refractivity contribution in [1.29, 1.82) is 0 Å². The fraction of sp³-hybridized carbons (Fsp3) is 0.379. The number of nitrogens with one attached hydrogen (secondary N) is 2. The van der Waals surface area contributed by atoms with Crippen LogP contribution in [0.1, 0.15) is 50.7 Å². The van der Waals surface area contributed by atoms with E-state index in [4.69, 9.17) is 15.2 Å². The van der Waals surface area contributed by atoms with Crippen LogP contribution in [0.3, 0.4) is 0 Å². The average molecular weight is 524 g/mol. The van der Waals surface area contributed by atoms with Gasteiger partial charge in [-0.25, -0.2) is 9.59 Å². The zero-order chi connectivity index (χ0) is 27.8. The average Bonchev–Trinajstić information content (AvgIpc) is 2.89. The Balaban J connectivity index is 2.04. The highest BCUT2D eigenvalue weighted by Crippen LogP contribution is 2.10. The Bertz CT molecular complexity index is 1060. The van der Waals surface area contributed by atoms with Crippen LogP contribution in [0.4, 0.5) is 4.79 Å². The maximum absolute atomic E-state index is 13.2. The van der Waals surface area contributed by atoms with E-state index in [0.717, 1.165) is 11.1 Å². The lowest BCUT2D eigenvalue weighted by Crippen LogP contribution is -2.52. The number of nitrogens with two attached hydrogens (primary N) is 1. The minimum Gasteiger partial charge on any atom is -0.445 e. The number of alkyl carbamates (subject to hydrolysis) is 1. The maximum Gasteiger partial charge on any atom is 0.408 e. The summed E-state index contributed by atoms with van der Waals surface area (Å²) in [4.78, 5) is 49.4. The molecule has 2 aromatic rings. The van der Waals surface area contributed by atoms with Gasteiger partial charge in [0, 0.05) is 12.8 Å². The van der Waals surface area contributed by atoms with E-state index in [1.54, 1.807) is 6.08 Å². The number of carbonyl (C=O) groups is 4. The molecule has 0 saturated heterocycles. The van der Waals surface area contributed by atoms with Crippen LogP contribution < -0.4 is 16.4 Å². The highest BCUT2D eigenvalue weighted by Gasteiger charge is 2.28. The molecular weight excluding hydrogens is 486 g/mol. The van der Waals surface area contributed by atoms with Gasteiger partial charge in [0.15, 0.2) is 0 Å². The molecule has 0 bridgehead atoms. The van der Waals surface area contributed by atoms with E-state index in [1.165, 1.54) is 6.26 Å². The lowest BCUT2D eigenvalue weighted by Gasteiger charge is -2.23. The van der Waals surface area contributed by atoms with E-state index in [1.807, 2.05) is 74.5 Å². The van der Waals surface area contributed by atoms with E-state index in [-0.39, 0.29) is 25.4 Å². The van der Waals surface area contributed by atoms with Gasteiger partial charge in [-0.15, -0.1) is 0 Å². The summed E-state index contributed by atoms with van der Waals surface area (Å²) in [6.07, 6.45) is 3.98. The smallest absolute Gasteiger partial charge is 0.408 e. The van der Waals surface area contributed by atoms with Gasteiger partial charge in [0.1, 0.15) is 18.7 Å². The number of amides is 3. The highest BCUT2D eigenvalue weighted by atomic mass is 16.5. The van der Waals surface area contributed by atoms with Crippen LogP contribution in [0, 0.1) is 5.92 Å². The van der Waals surface area contributed by atoms with Gasteiger partial charge >= 0.3 is 12.1 Å². The molecule has 0 aliphatic rings. The van der Waals surface area contributed by atoms with Crippen LogP contribution in [0.2, 0.25) is 0 Å². The summed E-state index contributed by atoms with van der Waals surface area (Å²) in [6, 6.07) is 16.5. The summed E-state index contributed by atoms with van der Waals surface area (Å²) in [5, 5.41) is 5.36. The van der Waals surface area contributed by atoms with Crippen LogP contribution in [0.5, 0.6) is 0 Å². The number of esters is 1. The standard InChI is InChI=1S/C29H37N3O6/c1-21(2)18-24(32-29(36)38-20-23-14-8-4-9-15-23)27(34)31-25(19-22-12-6-3-7-13-22)28(35)37-17-11-5-10-16-26(30)33/h3-4,6-9,11-15,17,21,24-25H,5,10,16,18-20H2,1-2H3,(H2,30,33)(H,31,34)(H,32,36)/b17-11-/t24-,25-/m0/s1. The fourth-order valence-corrected chi connectivity index (χ4v) is 3.58. The number of unbranched alkanes of at least 4 members (excludes halogenated alkanes) is 1. The Labute approximate surface area is 223 Å². The Kier molecular flexibility index (Phi) is 13.1. The van der Waals surface area contributed by atoms with E-state index >= 15 is 0 Å². The van der Waals surface area contributed by atoms with Crippen LogP contribution in [0.25, 0.3) is 0 Å². The molecule has 0 spiro atoms. The monoisotopic (exact) mass is 523 g/mol. The van der Waals surface area contributed by atoms with Crippen molar-refractivity contribution >= 4 is 23.9 Å². The van der Waals surface area contributed by atoms with E-state index in [0.29, 0.717) is 19.3 Å². The van der Waals surface area contributed by atoms with Gasteiger partial charge in [0.2, 0.25) is 11.8 Å². The molecule has 2 aromatic carbocycles. The van der Waals surface area contributed by atoms with Gasteiger partial charge in [-0.3, -0.25) is 9.59 Å². The molecule has 0 heterocycles. The molecule has 4 N–H and O–H groups in total. The molecule has 0 saturated carbocycles. The summed E-state index contributed by atoms with van der Waals surface area (Å²) >= 11 is 0. The minimum atomic E-state index is -0.989. The van der Waals surface area contributed by atoms with Gasteiger partial charge in [0.25, 0.3) is 0 Å². The number of hydrogen-bond acceptors (Lipinski definition) is 6. The minimum absolute atomic E-state index is 0.0669. The normalized spacial score (nSPS) is 12.5. The molecule has 204 valence electrons. The quantitative estimate of drug-likeness (QED) is 0.185. The molecule has 38 heavy (non-hydrogen) atoms. The number of ether oxygens (including phenoxy) is 2. The third-order valence-corrected chi connectivity index (χ3v) is 5.49. The summed E-state index contributed by atoms with van der Waals surface area (Å²) in [6.45, 7) is 3.92. The Morgan fingerprint density at radius 3 is 2.13 bits per heavy atom. The van der Waals surface area contributed by atoms with E-state index in [2.05, 4.69) is 10.6 Å². The van der Waals surface area contributed by atoms with Gasteiger partial charge in [-0.05, 0) is 42.4 Å². The van der Waals surface area contributed by atoms with Crippen molar-refractivity contribution in [2.75, 3.05) is 0 Å². The molecule has 9 heteroatoms. The molecule has 0 aromatic heterocycles. The van der Waals surface area contributed by atoms with Crippen molar-refractivity contribution in [2.45, 2.75) is 64.6 Å². The summed E-state index contributed by atoms with van der Waals surface area (Å²) in [7, 11) is 0. The van der Waals surface area contributed by atoms with Gasteiger partial charge in [-0.2, -0.15) is 0 Å². The molecular formula is C29H37N3O6. The van der Waals surface area contributed by atoms with Crippen LogP contribution in [-0.2, 0) is 36.9 Å². The Morgan fingerprint density at radius 1 is 0.895 bits per heavy atom. The molecule has 0 fully saturated rings. The summed E-state index contributed by atoms with van der Waals surface area (Å²) < 4.78 is 10.5. The largest absolute Gasteiger partial charge is 0.445 e. The fourth-order valence-electron chi connectivity index (χ4n) is 3.58. The molecule has 0 aliphatic carbocycles. The predicted octanol–water partition coefficient (Wildman–Crippen LogP) is 3.77. The number of benzene rings is 2. The van der Waals surface area contributed by atoms with Gasteiger partial charge in [-0.1, -0.05) is 74.5 Å². The molecule has 2 atom stereocenters. The first-order valence-corrected chi connectivity index (χ1v) is 12.7. The van der Waals surface area contributed by atoms with Crippen molar-refractivity contribution in [3.05, 3.63) is 84.1 Å². The zero-order valence-corrected chi connectivity index (χ0v) is 21.9. The SMILES string of the molecule is CC(C)C[C@H](NC(=O)OCc1ccccc1)C(=O)N[C@@H](Cc1ccccc1)C(=O)O/C=C\CCCC(N)=O. The van der Waals surface area contributed by atoms with Crippen LogP contribution in [0.15, 0.2) is 73.0 Å². The van der Waals surface area contributed by atoms with Crippen molar-refractivity contribution in [1.82, 2.24) is 10.6 Å². The summed E-state index contributed by atoms with van der Waals surface area (Å²) in [5.41, 5.74) is 6.77. The summed E-state index contributed by atoms with van der Waals surface area (Å²) in [5.74, 6) is -1.47. The van der Waals surface area contributed by atoms with Crippen molar-refractivity contribution < 1.29 is 28.7 Å². The first kappa shape index (κ1) is 30.1. The second-order valence-corrected chi connectivity index (χ2v) is 9.31. The topological polar surface area (TPSA) is 137 Å². The van der Waals surface area contributed by atoms with Crippen LogP contribution >= 0.6 is 0 Å².